The molecule has 0 aliphatic carbocycles. The minimum absolute atomic E-state index is 0.143. The summed E-state index contributed by atoms with van der Waals surface area (Å²) in [5.74, 6) is -0.0948. The summed E-state index contributed by atoms with van der Waals surface area (Å²) < 4.78 is 10.3. The fraction of sp³-hybridized carbons (Fsp3) is 0.533. The predicted octanol–water partition coefficient (Wildman–Crippen LogP) is 2.94. The van der Waals surface area contributed by atoms with Gasteiger partial charge in [-0.3, -0.25) is 14.6 Å². The van der Waals surface area contributed by atoms with Crippen molar-refractivity contribution < 1.29 is 19.1 Å². The molecule has 0 aliphatic heterocycles. The molecule has 1 rings (SSSR count). The maximum Gasteiger partial charge on any atom is 0.311 e. The van der Waals surface area contributed by atoms with E-state index >= 15 is 0 Å². The average Bonchev–Trinajstić information content (AvgIpc) is 2.40. The topological polar surface area (TPSA) is 65.5 Å². The first kappa shape index (κ1) is 16.1. The second-order valence-corrected chi connectivity index (χ2v) is 4.56. The van der Waals surface area contributed by atoms with Gasteiger partial charge in [-0.2, -0.15) is 0 Å². The molecule has 0 N–H and O–H groups in total. The molecule has 0 amide bonds. The molecule has 1 aromatic rings. The van der Waals surface area contributed by atoms with E-state index in [2.05, 4.69) is 4.98 Å². The van der Waals surface area contributed by atoms with Gasteiger partial charge >= 0.3 is 11.9 Å². The van der Waals surface area contributed by atoms with Crippen molar-refractivity contribution in [1.82, 2.24) is 4.98 Å². The Labute approximate surface area is 119 Å². The van der Waals surface area contributed by atoms with Crippen LogP contribution in [0.1, 0.15) is 50.8 Å². The summed E-state index contributed by atoms with van der Waals surface area (Å²) in [6.45, 7) is 5.74. The van der Waals surface area contributed by atoms with E-state index in [0.717, 1.165) is 12.8 Å². The molecule has 0 fully saturated rings. The standard InChI is InChI=1S/C15H21NO4/c1-4-6-14(17)19-10-12-8-13(11(3)16-9-12)20-15(18)7-5-2/h8-9H,4-7,10H2,1-3H3. The largest absolute Gasteiger partial charge is 0.461 e. The van der Waals surface area contributed by atoms with Gasteiger partial charge in [0.25, 0.3) is 0 Å². The van der Waals surface area contributed by atoms with Gasteiger partial charge in [-0.15, -0.1) is 0 Å². The predicted molar refractivity (Wildman–Crippen MR) is 74.2 cm³/mol. The number of pyridine rings is 1. The first-order valence-corrected chi connectivity index (χ1v) is 6.88. The number of ether oxygens (including phenoxy) is 2. The third kappa shape index (κ3) is 5.38. The number of hydrogen-bond acceptors (Lipinski definition) is 5. The fourth-order valence-corrected chi connectivity index (χ4v) is 1.55. The van der Waals surface area contributed by atoms with Crippen LogP contribution in [0, 0.1) is 6.92 Å². The number of carbonyl (C=O) groups is 2. The summed E-state index contributed by atoms with van der Waals surface area (Å²) in [4.78, 5) is 26.9. The quantitative estimate of drug-likeness (QED) is 0.718. The van der Waals surface area contributed by atoms with Gasteiger partial charge in [-0.1, -0.05) is 13.8 Å². The second-order valence-electron chi connectivity index (χ2n) is 4.56. The number of carbonyl (C=O) groups excluding carboxylic acids is 2. The van der Waals surface area contributed by atoms with Gasteiger partial charge < -0.3 is 9.47 Å². The maximum absolute atomic E-state index is 11.5. The van der Waals surface area contributed by atoms with Crippen LogP contribution in [0.3, 0.4) is 0 Å². The van der Waals surface area contributed by atoms with Gasteiger partial charge in [0.05, 0.1) is 5.69 Å². The van der Waals surface area contributed by atoms with E-state index in [1.54, 1.807) is 19.2 Å². The van der Waals surface area contributed by atoms with Gasteiger partial charge in [0, 0.05) is 24.6 Å². The highest BCUT2D eigenvalue weighted by Gasteiger charge is 2.09. The van der Waals surface area contributed by atoms with Gasteiger partial charge in [-0.25, -0.2) is 0 Å². The minimum Gasteiger partial charge on any atom is -0.461 e. The minimum atomic E-state index is -0.280. The van der Waals surface area contributed by atoms with Crippen molar-refractivity contribution in [1.29, 1.82) is 0 Å². The third-order valence-corrected chi connectivity index (χ3v) is 2.63. The zero-order valence-corrected chi connectivity index (χ0v) is 12.3. The van der Waals surface area contributed by atoms with E-state index in [0.29, 0.717) is 29.8 Å². The van der Waals surface area contributed by atoms with E-state index in [-0.39, 0.29) is 18.5 Å². The molecule has 20 heavy (non-hydrogen) atoms. The van der Waals surface area contributed by atoms with Crippen LogP contribution in [-0.4, -0.2) is 16.9 Å². The lowest BCUT2D eigenvalue weighted by molar-refractivity contribution is -0.145. The molecule has 5 nitrogen and oxygen atoms in total. The molecule has 0 radical (unpaired) electrons. The van der Waals surface area contributed by atoms with Crippen molar-refractivity contribution in [2.75, 3.05) is 0 Å². The van der Waals surface area contributed by atoms with E-state index < -0.39 is 0 Å². The van der Waals surface area contributed by atoms with Crippen LogP contribution in [0.2, 0.25) is 0 Å². The van der Waals surface area contributed by atoms with Crippen LogP contribution in [0.25, 0.3) is 0 Å². The van der Waals surface area contributed by atoms with Crippen molar-refractivity contribution >= 4 is 11.9 Å². The van der Waals surface area contributed by atoms with Crippen molar-refractivity contribution in [3.63, 3.8) is 0 Å². The molecule has 0 aromatic carbocycles. The highest BCUT2D eigenvalue weighted by Crippen LogP contribution is 2.18. The molecule has 5 heteroatoms. The van der Waals surface area contributed by atoms with Gasteiger partial charge in [-0.05, 0) is 25.8 Å². The highest BCUT2D eigenvalue weighted by atomic mass is 16.5. The number of aromatic nitrogens is 1. The van der Waals surface area contributed by atoms with Crippen LogP contribution >= 0.6 is 0 Å². The van der Waals surface area contributed by atoms with Crippen molar-refractivity contribution in [3.05, 3.63) is 23.5 Å². The lowest BCUT2D eigenvalue weighted by Gasteiger charge is -2.09. The maximum atomic E-state index is 11.5. The fourth-order valence-electron chi connectivity index (χ4n) is 1.55. The molecule has 0 atom stereocenters. The summed E-state index contributed by atoms with van der Waals surface area (Å²) in [5.41, 5.74) is 1.34. The third-order valence-electron chi connectivity index (χ3n) is 2.63. The monoisotopic (exact) mass is 279 g/mol. The molecule has 0 saturated heterocycles. The Kier molecular flexibility index (Phi) is 6.70. The first-order chi connectivity index (χ1) is 9.56. The molecule has 0 bridgehead atoms. The number of nitrogens with zero attached hydrogens (tertiary/aromatic N) is 1. The SMILES string of the molecule is CCCC(=O)OCc1cnc(C)c(OC(=O)CCC)c1. The van der Waals surface area contributed by atoms with Crippen LogP contribution in [0.5, 0.6) is 5.75 Å². The Morgan fingerprint density at radius 3 is 2.45 bits per heavy atom. The van der Waals surface area contributed by atoms with E-state index in [1.807, 2.05) is 13.8 Å². The molecule has 0 spiro atoms. The Morgan fingerprint density at radius 1 is 1.15 bits per heavy atom. The van der Waals surface area contributed by atoms with Crippen LogP contribution < -0.4 is 4.74 Å². The van der Waals surface area contributed by atoms with Crippen LogP contribution in [0.4, 0.5) is 0 Å². The average molecular weight is 279 g/mol. The Morgan fingerprint density at radius 2 is 1.80 bits per heavy atom. The van der Waals surface area contributed by atoms with E-state index in [1.165, 1.54) is 0 Å². The van der Waals surface area contributed by atoms with Gasteiger partial charge in [0.15, 0.2) is 5.75 Å². The second kappa shape index (κ2) is 8.30. The number of hydrogen-bond donors (Lipinski definition) is 0. The number of esters is 2. The van der Waals surface area contributed by atoms with Crippen LogP contribution in [0.15, 0.2) is 12.3 Å². The zero-order chi connectivity index (χ0) is 15.0. The normalized spacial score (nSPS) is 10.2. The van der Waals surface area contributed by atoms with Gasteiger partial charge in [0.2, 0.25) is 0 Å². The Bertz CT molecular complexity index is 471. The summed E-state index contributed by atoms with van der Waals surface area (Å²) in [6, 6.07) is 1.69. The van der Waals surface area contributed by atoms with E-state index in [9.17, 15) is 9.59 Å². The summed E-state index contributed by atoms with van der Waals surface area (Å²) >= 11 is 0. The van der Waals surface area contributed by atoms with Crippen LogP contribution in [-0.2, 0) is 20.9 Å². The lowest BCUT2D eigenvalue weighted by Crippen LogP contribution is -2.09. The first-order valence-electron chi connectivity index (χ1n) is 6.88. The molecule has 1 aromatic heterocycles. The van der Waals surface area contributed by atoms with E-state index in [4.69, 9.17) is 9.47 Å². The highest BCUT2D eigenvalue weighted by molar-refractivity contribution is 5.72. The van der Waals surface area contributed by atoms with Crippen molar-refractivity contribution in [2.24, 2.45) is 0 Å². The summed E-state index contributed by atoms with van der Waals surface area (Å²) in [6.07, 6.45) is 3.88. The zero-order valence-electron chi connectivity index (χ0n) is 12.3. The van der Waals surface area contributed by atoms with Gasteiger partial charge in [0.1, 0.15) is 6.61 Å². The van der Waals surface area contributed by atoms with Crippen molar-refractivity contribution in [3.8, 4) is 5.75 Å². The molecule has 0 saturated carbocycles. The molecule has 0 aliphatic rings. The molecule has 110 valence electrons. The Balaban J connectivity index is 2.66. The smallest absolute Gasteiger partial charge is 0.311 e. The number of aryl methyl sites for hydroxylation is 1. The Hall–Kier alpha value is -1.91. The molecular weight excluding hydrogens is 258 g/mol. The number of rotatable bonds is 7. The lowest BCUT2D eigenvalue weighted by atomic mass is 10.2. The molecule has 0 unspecified atom stereocenters. The molecular formula is C15H21NO4. The van der Waals surface area contributed by atoms with Crippen molar-refractivity contribution in [2.45, 2.75) is 53.1 Å². The summed E-state index contributed by atoms with van der Waals surface area (Å²) in [5, 5.41) is 0. The molecule has 1 heterocycles. The summed E-state index contributed by atoms with van der Waals surface area (Å²) in [7, 11) is 0.